The van der Waals surface area contributed by atoms with Gasteiger partial charge >= 0.3 is 5.97 Å². The molecule has 1 aromatic heterocycles. The zero-order chi connectivity index (χ0) is 12.5. The Bertz CT molecular complexity index is 520. The van der Waals surface area contributed by atoms with Gasteiger partial charge in [-0.2, -0.15) is 0 Å². The van der Waals surface area contributed by atoms with Gasteiger partial charge in [0.25, 0.3) is 0 Å². The third kappa shape index (κ3) is 3.06. The maximum Gasteiger partial charge on any atom is 0.309 e. The summed E-state index contributed by atoms with van der Waals surface area (Å²) in [6.07, 6.45) is 2.76. The van der Waals surface area contributed by atoms with E-state index in [0.29, 0.717) is 17.9 Å². The average molecular weight is 258 g/mol. The second-order valence-electron chi connectivity index (χ2n) is 4.32. The van der Waals surface area contributed by atoms with Crippen LogP contribution in [0.4, 0.5) is 0 Å². The number of nitrogens with zero attached hydrogens (tertiary/aromatic N) is 1. The first-order valence-corrected chi connectivity index (χ1v) is 7.24. The molecule has 1 saturated heterocycles. The molecule has 2 N–H and O–H groups in total. The Balaban J connectivity index is 2.12. The number of nitrogens with one attached hydrogen (secondary N) is 1. The lowest BCUT2D eigenvalue weighted by atomic mass is 10.1. The number of carboxylic acids is 1. The van der Waals surface area contributed by atoms with E-state index in [1.54, 1.807) is 0 Å². The molecule has 2 heterocycles. The molecule has 1 aromatic rings. The number of rotatable bonds is 3. The van der Waals surface area contributed by atoms with Crippen LogP contribution in [-0.2, 0) is 21.1 Å². The van der Waals surface area contributed by atoms with Crippen molar-refractivity contribution in [2.45, 2.75) is 25.2 Å². The summed E-state index contributed by atoms with van der Waals surface area (Å²) in [5.41, 5.74) is 0.510. The Labute approximate surface area is 99.0 Å². The van der Waals surface area contributed by atoms with Crippen LogP contribution in [0.25, 0.3) is 0 Å². The predicted molar refractivity (Wildman–Crippen MR) is 60.6 cm³/mol. The Morgan fingerprint density at radius 1 is 1.59 bits per heavy atom. The highest BCUT2D eigenvalue weighted by atomic mass is 32.2. The molecule has 0 aromatic carbocycles. The molecular formula is C10H14N2O4S. The lowest BCUT2D eigenvalue weighted by Gasteiger charge is -2.19. The van der Waals surface area contributed by atoms with Gasteiger partial charge in [0.15, 0.2) is 9.84 Å². The summed E-state index contributed by atoms with van der Waals surface area (Å²) < 4.78 is 23.0. The molecule has 1 atom stereocenters. The summed E-state index contributed by atoms with van der Waals surface area (Å²) in [5.74, 6) is -0.128. The third-order valence-electron chi connectivity index (χ3n) is 2.84. The van der Waals surface area contributed by atoms with Gasteiger partial charge < -0.3 is 10.1 Å². The first-order chi connectivity index (χ1) is 7.96. The number of H-pyrrole nitrogens is 1. The summed E-state index contributed by atoms with van der Waals surface area (Å²) in [4.78, 5) is 17.5. The zero-order valence-corrected chi connectivity index (χ0v) is 10.0. The van der Waals surface area contributed by atoms with Crippen LogP contribution in [0.5, 0.6) is 0 Å². The van der Waals surface area contributed by atoms with Crippen molar-refractivity contribution in [1.82, 2.24) is 9.97 Å². The second kappa shape index (κ2) is 4.48. The SMILES string of the molecule is O=C(O)Cc1cnc(C2CCCS(=O)(=O)C2)[nH]1. The molecule has 0 saturated carbocycles. The van der Waals surface area contributed by atoms with Crippen LogP contribution in [0.2, 0.25) is 0 Å². The molecule has 2 rings (SSSR count). The van der Waals surface area contributed by atoms with E-state index in [1.807, 2.05) is 0 Å². The van der Waals surface area contributed by atoms with Crippen molar-refractivity contribution in [2.24, 2.45) is 0 Å². The summed E-state index contributed by atoms with van der Waals surface area (Å²) in [5, 5.41) is 8.63. The van der Waals surface area contributed by atoms with E-state index in [1.165, 1.54) is 6.20 Å². The minimum absolute atomic E-state index is 0.104. The van der Waals surface area contributed by atoms with Gasteiger partial charge in [-0.05, 0) is 12.8 Å². The van der Waals surface area contributed by atoms with Crippen LogP contribution >= 0.6 is 0 Å². The maximum atomic E-state index is 11.5. The lowest BCUT2D eigenvalue weighted by molar-refractivity contribution is -0.136. The number of carbonyl (C=O) groups is 1. The topological polar surface area (TPSA) is 100 Å². The summed E-state index contributed by atoms with van der Waals surface area (Å²) in [6.45, 7) is 0. The lowest BCUT2D eigenvalue weighted by Crippen LogP contribution is -2.24. The Hall–Kier alpha value is -1.37. The minimum atomic E-state index is -2.97. The number of aromatic amines is 1. The number of sulfone groups is 1. The van der Waals surface area contributed by atoms with E-state index < -0.39 is 15.8 Å². The van der Waals surface area contributed by atoms with E-state index in [-0.39, 0.29) is 23.8 Å². The van der Waals surface area contributed by atoms with Crippen LogP contribution in [-0.4, -0.2) is 41.0 Å². The molecule has 1 aliphatic rings. The van der Waals surface area contributed by atoms with Crippen molar-refractivity contribution in [2.75, 3.05) is 11.5 Å². The molecule has 0 aliphatic carbocycles. The fourth-order valence-corrected chi connectivity index (χ4v) is 3.79. The summed E-state index contributed by atoms with van der Waals surface area (Å²) >= 11 is 0. The maximum absolute atomic E-state index is 11.5. The van der Waals surface area contributed by atoms with E-state index in [9.17, 15) is 13.2 Å². The smallest absolute Gasteiger partial charge is 0.309 e. The van der Waals surface area contributed by atoms with Crippen LogP contribution < -0.4 is 0 Å². The molecule has 1 aliphatic heterocycles. The van der Waals surface area contributed by atoms with E-state index in [2.05, 4.69) is 9.97 Å². The minimum Gasteiger partial charge on any atom is -0.481 e. The second-order valence-corrected chi connectivity index (χ2v) is 6.55. The first-order valence-electron chi connectivity index (χ1n) is 5.42. The van der Waals surface area contributed by atoms with E-state index >= 15 is 0 Å². The van der Waals surface area contributed by atoms with Crippen molar-refractivity contribution < 1.29 is 18.3 Å². The number of hydrogen-bond donors (Lipinski definition) is 2. The zero-order valence-electron chi connectivity index (χ0n) is 9.22. The molecule has 0 radical (unpaired) electrons. The Kier molecular flexibility index (Phi) is 3.19. The third-order valence-corrected chi connectivity index (χ3v) is 4.66. The van der Waals surface area contributed by atoms with E-state index in [0.717, 1.165) is 6.42 Å². The van der Waals surface area contributed by atoms with Crippen molar-refractivity contribution in [3.05, 3.63) is 17.7 Å². The van der Waals surface area contributed by atoms with Gasteiger partial charge in [0.05, 0.1) is 17.9 Å². The number of aliphatic carboxylic acids is 1. The highest BCUT2D eigenvalue weighted by Crippen LogP contribution is 2.26. The van der Waals surface area contributed by atoms with Crippen molar-refractivity contribution in [1.29, 1.82) is 0 Å². The van der Waals surface area contributed by atoms with Gasteiger partial charge in [-0.25, -0.2) is 13.4 Å². The van der Waals surface area contributed by atoms with Gasteiger partial charge in [0.2, 0.25) is 0 Å². The molecule has 94 valence electrons. The van der Waals surface area contributed by atoms with Crippen LogP contribution in [0, 0.1) is 0 Å². The van der Waals surface area contributed by atoms with Gasteiger partial charge in [-0.3, -0.25) is 4.79 Å². The standard InChI is InChI=1S/C10H14N2O4S/c13-9(14)4-8-5-11-10(12-8)7-2-1-3-17(15,16)6-7/h5,7H,1-4,6H2,(H,11,12)(H,13,14). The highest BCUT2D eigenvalue weighted by Gasteiger charge is 2.27. The average Bonchev–Trinajstić information content (AvgIpc) is 2.63. The summed E-state index contributed by atoms with van der Waals surface area (Å²) in [6, 6.07) is 0. The summed E-state index contributed by atoms with van der Waals surface area (Å²) in [7, 11) is -2.97. The fraction of sp³-hybridized carbons (Fsp3) is 0.600. The molecule has 7 heteroatoms. The van der Waals surface area contributed by atoms with Crippen LogP contribution in [0.1, 0.15) is 30.3 Å². The molecule has 1 unspecified atom stereocenters. The van der Waals surface area contributed by atoms with Gasteiger partial charge in [0.1, 0.15) is 5.82 Å². The van der Waals surface area contributed by atoms with Gasteiger partial charge in [-0.15, -0.1) is 0 Å². The monoisotopic (exact) mass is 258 g/mol. The Morgan fingerprint density at radius 2 is 2.35 bits per heavy atom. The molecule has 0 bridgehead atoms. The van der Waals surface area contributed by atoms with Crippen LogP contribution in [0.15, 0.2) is 6.20 Å². The largest absolute Gasteiger partial charge is 0.481 e. The van der Waals surface area contributed by atoms with Crippen molar-refractivity contribution >= 4 is 15.8 Å². The molecule has 1 fully saturated rings. The molecular weight excluding hydrogens is 244 g/mol. The molecule has 0 spiro atoms. The van der Waals surface area contributed by atoms with Crippen molar-refractivity contribution in [3.8, 4) is 0 Å². The number of imidazole rings is 1. The fourth-order valence-electron chi connectivity index (χ4n) is 2.08. The number of aromatic nitrogens is 2. The molecule has 17 heavy (non-hydrogen) atoms. The quantitative estimate of drug-likeness (QED) is 0.813. The predicted octanol–water partition coefficient (Wildman–Crippen LogP) is 0.329. The van der Waals surface area contributed by atoms with Crippen molar-refractivity contribution in [3.63, 3.8) is 0 Å². The van der Waals surface area contributed by atoms with Gasteiger partial charge in [0, 0.05) is 17.8 Å². The van der Waals surface area contributed by atoms with Crippen LogP contribution in [0.3, 0.4) is 0 Å². The molecule has 0 amide bonds. The Morgan fingerprint density at radius 3 is 3.00 bits per heavy atom. The van der Waals surface area contributed by atoms with Gasteiger partial charge in [-0.1, -0.05) is 0 Å². The normalized spacial score (nSPS) is 23.4. The first kappa shape index (κ1) is 12.1. The number of hydrogen-bond acceptors (Lipinski definition) is 4. The van der Waals surface area contributed by atoms with E-state index in [4.69, 9.17) is 5.11 Å². The number of carboxylic acid groups (broad SMARTS) is 1. The highest BCUT2D eigenvalue weighted by molar-refractivity contribution is 7.91. The molecule has 6 nitrogen and oxygen atoms in total.